The molecule has 1 atom stereocenters. The first-order valence-electron chi connectivity index (χ1n) is 8.87. The Balaban J connectivity index is 1.66. The highest BCUT2D eigenvalue weighted by Crippen LogP contribution is 2.43. The Morgan fingerprint density at radius 3 is 2.71 bits per heavy atom. The van der Waals surface area contributed by atoms with Gasteiger partial charge < -0.3 is 14.5 Å². The van der Waals surface area contributed by atoms with Crippen LogP contribution in [0.25, 0.3) is 0 Å². The third kappa shape index (κ3) is 3.24. The summed E-state index contributed by atoms with van der Waals surface area (Å²) >= 11 is 0. The number of ether oxygens (including phenoxy) is 1. The average molecular weight is 332 g/mol. The predicted octanol–water partition coefficient (Wildman–Crippen LogP) is 1.81. The number of aryl methyl sites for hydroxylation is 2. The lowest BCUT2D eigenvalue weighted by Crippen LogP contribution is -2.43. The third-order valence-electron chi connectivity index (χ3n) is 5.30. The summed E-state index contributed by atoms with van der Waals surface area (Å²) in [5, 5.41) is 0. The maximum absolute atomic E-state index is 12.4. The lowest BCUT2D eigenvalue weighted by molar-refractivity contribution is -0.150. The molecule has 1 unspecified atom stereocenters. The van der Waals surface area contributed by atoms with E-state index in [4.69, 9.17) is 9.72 Å². The summed E-state index contributed by atoms with van der Waals surface area (Å²) in [5.74, 6) is 0.788. The van der Waals surface area contributed by atoms with Gasteiger partial charge in [-0.2, -0.15) is 0 Å². The second kappa shape index (κ2) is 6.67. The third-order valence-corrected chi connectivity index (χ3v) is 5.30. The highest BCUT2D eigenvalue weighted by molar-refractivity contribution is 5.79. The van der Waals surface area contributed by atoms with Crippen LogP contribution in [0, 0.1) is 12.3 Å². The second-order valence-corrected chi connectivity index (χ2v) is 7.41. The minimum absolute atomic E-state index is 0.00642. The molecule has 2 aliphatic rings. The van der Waals surface area contributed by atoms with Crippen molar-refractivity contribution in [3.8, 4) is 0 Å². The molecule has 1 aromatic rings. The molecule has 1 spiro atoms. The van der Waals surface area contributed by atoms with E-state index < -0.39 is 0 Å². The number of rotatable bonds is 4. The van der Waals surface area contributed by atoms with Crippen molar-refractivity contribution < 1.29 is 9.53 Å². The van der Waals surface area contributed by atoms with Crippen LogP contribution in [-0.4, -0.2) is 60.7 Å². The van der Waals surface area contributed by atoms with Gasteiger partial charge in [-0.15, -0.1) is 0 Å². The molecule has 0 aromatic carbocycles. The number of aromatic nitrogens is 2. The van der Waals surface area contributed by atoms with Crippen molar-refractivity contribution in [1.29, 1.82) is 0 Å². The summed E-state index contributed by atoms with van der Waals surface area (Å²) < 4.78 is 5.63. The average Bonchev–Trinajstić information content (AvgIpc) is 2.83. The molecule has 2 fully saturated rings. The lowest BCUT2D eigenvalue weighted by Gasteiger charge is -2.36. The van der Waals surface area contributed by atoms with E-state index in [0.717, 1.165) is 62.5 Å². The molecule has 0 saturated carbocycles. The molecule has 3 heterocycles. The quantitative estimate of drug-likeness (QED) is 0.784. The molecule has 0 radical (unpaired) electrons. The summed E-state index contributed by atoms with van der Waals surface area (Å²) in [6.45, 7) is 6.60. The topological polar surface area (TPSA) is 58.6 Å². The highest BCUT2D eigenvalue weighted by atomic mass is 16.6. The zero-order valence-corrected chi connectivity index (χ0v) is 15.2. The molecule has 0 aliphatic carbocycles. The summed E-state index contributed by atoms with van der Waals surface area (Å²) in [6, 6.07) is 0. The molecule has 2 aliphatic heterocycles. The van der Waals surface area contributed by atoms with E-state index in [1.54, 1.807) is 0 Å². The standard InChI is InChI=1S/C18H28N4O2/c1-5-15-13(2)11-19-17(20-15)22-8-6-18(7-9-22)10-14(12-21(3)4)24-16(18)23/h11,14H,5-10,12H2,1-4H3. The maximum Gasteiger partial charge on any atom is 0.312 e. The van der Waals surface area contributed by atoms with Crippen LogP contribution in [0.3, 0.4) is 0 Å². The zero-order chi connectivity index (χ0) is 17.3. The van der Waals surface area contributed by atoms with Crippen LogP contribution in [0.5, 0.6) is 0 Å². The van der Waals surface area contributed by atoms with Crippen LogP contribution in [-0.2, 0) is 16.0 Å². The molecular formula is C18H28N4O2. The lowest BCUT2D eigenvalue weighted by atomic mass is 9.76. The zero-order valence-electron chi connectivity index (χ0n) is 15.2. The maximum atomic E-state index is 12.4. The van der Waals surface area contributed by atoms with E-state index in [9.17, 15) is 4.79 Å². The van der Waals surface area contributed by atoms with Crippen LogP contribution in [0.4, 0.5) is 5.95 Å². The van der Waals surface area contributed by atoms with Crippen LogP contribution < -0.4 is 4.90 Å². The van der Waals surface area contributed by atoms with E-state index in [1.165, 1.54) is 0 Å². The fourth-order valence-electron chi connectivity index (χ4n) is 3.87. The van der Waals surface area contributed by atoms with Gasteiger partial charge in [-0.25, -0.2) is 9.97 Å². The van der Waals surface area contributed by atoms with Gasteiger partial charge in [0.1, 0.15) is 6.10 Å². The van der Waals surface area contributed by atoms with Gasteiger partial charge in [0.15, 0.2) is 0 Å². The first-order valence-corrected chi connectivity index (χ1v) is 8.87. The van der Waals surface area contributed by atoms with E-state index in [-0.39, 0.29) is 17.5 Å². The summed E-state index contributed by atoms with van der Waals surface area (Å²) in [6.07, 6.45) is 5.34. The predicted molar refractivity (Wildman–Crippen MR) is 93.1 cm³/mol. The van der Waals surface area contributed by atoms with Gasteiger partial charge in [0.2, 0.25) is 5.95 Å². The molecule has 6 heteroatoms. The number of likely N-dealkylation sites (N-methyl/N-ethyl adjacent to an activating group) is 1. The molecule has 24 heavy (non-hydrogen) atoms. The van der Waals surface area contributed by atoms with Gasteiger partial charge in [-0.3, -0.25) is 4.79 Å². The van der Waals surface area contributed by atoms with Crippen molar-refractivity contribution in [3.05, 3.63) is 17.5 Å². The first kappa shape index (κ1) is 17.1. The fraction of sp³-hybridized carbons (Fsp3) is 0.722. The van der Waals surface area contributed by atoms with Crippen molar-refractivity contribution in [1.82, 2.24) is 14.9 Å². The Labute approximate surface area is 144 Å². The number of nitrogens with zero attached hydrogens (tertiary/aromatic N) is 4. The molecule has 132 valence electrons. The number of hydrogen-bond acceptors (Lipinski definition) is 6. The molecule has 2 saturated heterocycles. The first-order chi connectivity index (χ1) is 11.4. The normalized spacial score (nSPS) is 23.1. The molecule has 0 bridgehead atoms. The molecule has 0 amide bonds. The highest BCUT2D eigenvalue weighted by Gasteiger charge is 2.50. The number of hydrogen-bond donors (Lipinski definition) is 0. The Bertz CT molecular complexity index is 609. The summed E-state index contributed by atoms with van der Waals surface area (Å²) in [4.78, 5) is 25.9. The number of carbonyl (C=O) groups is 1. The largest absolute Gasteiger partial charge is 0.461 e. The summed E-state index contributed by atoms with van der Waals surface area (Å²) in [5.41, 5.74) is 1.95. The molecule has 3 rings (SSSR count). The van der Waals surface area contributed by atoms with E-state index >= 15 is 0 Å². The SMILES string of the molecule is CCc1nc(N2CCC3(CC2)CC(CN(C)C)OC3=O)ncc1C. The smallest absolute Gasteiger partial charge is 0.312 e. The molecular weight excluding hydrogens is 304 g/mol. The van der Waals surface area contributed by atoms with Crippen LogP contribution in [0.2, 0.25) is 0 Å². The number of esters is 1. The Morgan fingerprint density at radius 1 is 1.38 bits per heavy atom. The van der Waals surface area contributed by atoms with Crippen molar-refractivity contribution in [2.24, 2.45) is 5.41 Å². The number of cyclic esters (lactones) is 1. The number of carbonyl (C=O) groups excluding carboxylic acids is 1. The summed E-state index contributed by atoms with van der Waals surface area (Å²) in [7, 11) is 4.03. The number of piperidine rings is 1. The number of anilines is 1. The molecule has 0 N–H and O–H groups in total. The van der Waals surface area contributed by atoms with Gasteiger partial charge in [0.25, 0.3) is 0 Å². The van der Waals surface area contributed by atoms with E-state index in [2.05, 4.69) is 21.7 Å². The van der Waals surface area contributed by atoms with Crippen LogP contribution >= 0.6 is 0 Å². The van der Waals surface area contributed by atoms with Gasteiger partial charge in [0, 0.05) is 37.9 Å². The second-order valence-electron chi connectivity index (χ2n) is 7.41. The van der Waals surface area contributed by atoms with Gasteiger partial charge in [-0.05, 0) is 45.8 Å². The minimum atomic E-state index is -0.296. The van der Waals surface area contributed by atoms with Gasteiger partial charge >= 0.3 is 5.97 Å². The minimum Gasteiger partial charge on any atom is -0.461 e. The van der Waals surface area contributed by atoms with E-state index in [0.29, 0.717) is 0 Å². The Hall–Kier alpha value is -1.69. The Morgan fingerprint density at radius 2 is 2.08 bits per heavy atom. The van der Waals surface area contributed by atoms with Crippen LogP contribution in [0.15, 0.2) is 6.20 Å². The van der Waals surface area contributed by atoms with Gasteiger partial charge in [0.05, 0.1) is 5.41 Å². The van der Waals surface area contributed by atoms with Crippen molar-refractivity contribution in [2.75, 3.05) is 38.6 Å². The Kier molecular flexibility index (Phi) is 4.76. The monoisotopic (exact) mass is 332 g/mol. The van der Waals surface area contributed by atoms with Crippen LogP contribution in [0.1, 0.15) is 37.4 Å². The van der Waals surface area contributed by atoms with Crippen molar-refractivity contribution >= 4 is 11.9 Å². The van der Waals surface area contributed by atoms with Crippen molar-refractivity contribution in [3.63, 3.8) is 0 Å². The fourth-order valence-corrected chi connectivity index (χ4v) is 3.87. The molecule has 1 aromatic heterocycles. The van der Waals surface area contributed by atoms with Crippen molar-refractivity contribution in [2.45, 2.75) is 45.6 Å². The molecule has 6 nitrogen and oxygen atoms in total. The van der Waals surface area contributed by atoms with Gasteiger partial charge in [-0.1, -0.05) is 6.92 Å². The van der Waals surface area contributed by atoms with E-state index in [1.807, 2.05) is 27.2 Å².